The Bertz CT molecular complexity index is 1190. The number of rotatable bonds is 13. The number of benzene rings is 1. The minimum atomic E-state index is -5.06. The molecule has 1 aromatic carbocycles. The van der Waals surface area contributed by atoms with E-state index in [2.05, 4.69) is 4.98 Å². The third kappa shape index (κ3) is 8.89. The van der Waals surface area contributed by atoms with Crippen LogP contribution in [0.1, 0.15) is 43.4 Å². The molecule has 1 amide bonds. The number of halogens is 4. The molecule has 2 N–H and O–H groups in total. The highest BCUT2D eigenvalue weighted by Gasteiger charge is 2.45. The van der Waals surface area contributed by atoms with Gasteiger partial charge in [0.1, 0.15) is 17.9 Å². The lowest BCUT2D eigenvalue weighted by molar-refractivity contribution is -0.179. The summed E-state index contributed by atoms with van der Waals surface area (Å²) < 4.78 is 80.2. The van der Waals surface area contributed by atoms with E-state index in [9.17, 15) is 45.5 Å². The van der Waals surface area contributed by atoms with E-state index >= 15 is 0 Å². The van der Waals surface area contributed by atoms with Gasteiger partial charge in [0.15, 0.2) is 9.84 Å². The minimum absolute atomic E-state index is 0.113. The number of nitrogens with zero attached hydrogens (tertiary/aromatic N) is 2. The van der Waals surface area contributed by atoms with Gasteiger partial charge >= 0.3 is 12.1 Å². The molecule has 0 aliphatic carbocycles. The van der Waals surface area contributed by atoms with Gasteiger partial charge in [-0.1, -0.05) is 31.5 Å². The highest BCUT2D eigenvalue weighted by Crippen LogP contribution is 2.33. The summed E-state index contributed by atoms with van der Waals surface area (Å²) in [7, 11) is -3.93. The molecule has 1 heterocycles. The van der Waals surface area contributed by atoms with Gasteiger partial charge in [-0.25, -0.2) is 23.0 Å². The van der Waals surface area contributed by atoms with Crippen LogP contribution in [0.25, 0.3) is 0 Å². The average molecular weight is 548 g/mol. The Morgan fingerprint density at radius 2 is 1.78 bits per heavy atom. The van der Waals surface area contributed by atoms with Crippen molar-refractivity contribution in [2.45, 2.75) is 50.2 Å². The van der Waals surface area contributed by atoms with Crippen molar-refractivity contribution >= 4 is 27.5 Å². The normalized spacial score (nSPS) is 13.5. The number of alkyl halides is 3. The molecule has 0 saturated carbocycles. The average Bonchev–Trinajstić information content (AvgIpc) is 2.82. The first-order chi connectivity index (χ1) is 17.2. The quantitative estimate of drug-likeness (QED) is 0.222. The Balaban J connectivity index is 2.39. The zero-order valence-corrected chi connectivity index (χ0v) is 20.4. The standard InChI is InChI=1S/C23H25F4N3O6S/c1-2-4-18(20(32)22(33)34)30(29-21(23(25,26)27)16-6-8-17(24)9-7-16)19(31)10-12-37(35,36)14-15-5-3-11-28-13-15/h3,5-9,11,13,18,21,29H,2,4,10,12,14H2,1H3,(H,33,34)/t18-,21-/m0/s1. The second kappa shape index (κ2) is 12.7. The van der Waals surface area contributed by atoms with Crippen LogP contribution < -0.4 is 5.43 Å². The number of hydrazine groups is 1. The van der Waals surface area contributed by atoms with Crippen LogP contribution >= 0.6 is 0 Å². The molecule has 202 valence electrons. The van der Waals surface area contributed by atoms with Crippen molar-refractivity contribution in [3.8, 4) is 0 Å². The SMILES string of the molecule is CCC[C@@H](C(=O)C(=O)O)N(N[C@@H](c1ccc(F)cc1)C(F)(F)F)C(=O)CCS(=O)(=O)Cc1cccnc1. The van der Waals surface area contributed by atoms with Gasteiger partial charge in [-0.3, -0.25) is 19.6 Å². The van der Waals surface area contributed by atoms with Gasteiger partial charge < -0.3 is 5.11 Å². The lowest BCUT2D eigenvalue weighted by Crippen LogP contribution is -2.57. The molecule has 37 heavy (non-hydrogen) atoms. The monoisotopic (exact) mass is 547 g/mol. The molecule has 1 aromatic heterocycles. The number of carbonyl (C=O) groups excluding carboxylic acids is 2. The van der Waals surface area contributed by atoms with E-state index in [1.54, 1.807) is 0 Å². The number of nitrogens with one attached hydrogen (secondary N) is 1. The molecule has 0 bridgehead atoms. The zero-order valence-electron chi connectivity index (χ0n) is 19.6. The van der Waals surface area contributed by atoms with Crippen molar-refractivity contribution in [3.63, 3.8) is 0 Å². The minimum Gasteiger partial charge on any atom is -0.475 e. The maximum absolute atomic E-state index is 14.0. The van der Waals surface area contributed by atoms with Crippen molar-refractivity contribution < 1.29 is 45.5 Å². The molecule has 0 spiro atoms. The molecule has 0 saturated heterocycles. The van der Waals surface area contributed by atoms with Crippen LogP contribution in [0.15, 0.2) is 48.8 Å². The Morgan fingerprint density at radius 1 is 1.14 bits per heavy atom. The number of hydrogen-bond donors (Lipinski definition) is 2. The van der Waals surface area contributed by atoms with Gasteiger partial charge in [-0.2, -0.15) is 13.2 Å². The van der Waals surface area contributed by atoms with Crippen LogP contribution in [-0.4, -0.2) is 59.1 Å². The summed E-state index contributed by atoms with van der Waals surface area (Å²) in [5, 5.41) is 9.43. The van der Waals surface area contributed by atoms with Crippen LogP contribution in [0.5, 0.6) is 0 Å². The number of carboxylic acid groups (broad SMARTS) is 1. The fraction of sp³-hybridized carbons (Fsp3) is 0.391. The summed E-state index contributed by atoms with van der Waals surface area (Å²) in [5.41, 5.74) is 1.69. The number of carboxylic acids is 1. The summed E-state index contributed by atoms with van der Waals surface area (Å²) in [6.45, 7) is 1.52. The number of hydrogen-bond acceptors (Lipinski definition) is 7. The van der Waals surface area contributed by atoms with Gasteiger partial charge in [0.25, 0.3) is 5.78 Å². The van der Waals surface area contributed by atoms with Crippen molar-refractivity contribution in [3.05, 3.63) is 65.7 Å². The highest BCUT2D eigenvalue weighted by molar-refractivity contribution is 7.90. The van der Waals surface area contributed by atoms with Crippen molar-refractivity contribution in [2.24, 2.45) is 0 Å². The molecule has 0 unspecified atom stereocenters. The maximum Gasteiger partial charge on any atom is 0.409 e. The van der Waals surface area contributed by atoms with E-state index in [1.807, 2.05) is 5.43 Å². The molecule has 0 radical (unpaired) electrons. The van der Waals surface area contributed by atoms with Gasteiger partial charge in [0, 0.05) is 18.8 Å². The van der Waals surface area contributed by atoms with Crippen molar-refractivity contribution in [1.29, 1.82) is 0 Å². The van der Waals surface area contributed by atoms with Crippen LogP contribution in [-0.2, 0) is 30.0 Å². The van der Waals surface area contributed by atoms with E-state index in [0.717, 1.165) is 24.3 Å². The molecule has 0 fully saturated rings. The number of ketones is 1. The third-order valence-electron chi connectivity index (χ3n) is 5.19. The predicted molar refractivity (Wildman–Crippen MR) is 123 cm³/mol. The Hall–Kier alpha value is -3.39. The van der Waals surface area contributed by atoms with Gasteiger partial charge in [0.05, 0.1) is 11.5 Å². The number of aromatic nitrogens is 1. The lowest BCUT2D eigenvalue weighted by Gasteiger charge is -2.35. The first kappa shape index (κ1) is 29.8. The molecular formula is C23H25F4N3O6S. The topological polar surface area (TPSA) is 134 Å². The van der Waals surface area contributed by atoms with Crippen molar-refractivity contribution in [1.82, 2.24) is 15.4 Å². The summed E-state index contributed by atoms with van der Waals surface area (Å²) in [6, 6.07) is 1.65. The van der Waals surface area contributed by atoms with E-state index in [4.69, 9.17) is 0 Å². The summed E-state index contributed by atoms with van der Waals surface area (Å²) in [4.78, 5) is 40.6. The zero-order chi connectivity index (χ0) is 27.8. The fourth-order valence-electron chi connectivity index (χ4n) is 3.43. The predicted octanol–water partition coefficient (Wildman–Crippen LogP) is 2.98. The van der Waals surface area contributed by atoms with Crippen LogP contribution in [0.2, 0.25) is 0 Å². The molecule has 14 heteroatoms. The van der Waals surface area contributed by atoms with Crippen LogP contribution in [0, 0.1) is 5.82 Å². The van der Waals surface area contributed by atoms with E-state index < -0.39 is 75.1 Å². The molecular weight excluding hydrogens is 522 g/mol. The highest BCUT2D eigenvalue weighted by atomic mass is 32.2. The van der Waals surface area contributed by atoms with Gasteiger partial charge in [0.2, 0.25) is 5.91 Å². The number of pyridine rings is 1. The largest absolute Gasteiger partial charge is 0.475 e. The molecule has 2 aromatic rings. The number of Topliss-reactive ketones (excluding diaryl/α,β-unsaturated/α-hetero) is 1. The van der Waals surface area contributed by atoms with Gasteiger partial charge in [-0.05, 0) is 35.7 Å². The summed E-state index contributed by atoms with van der Waals surface area (Å²) in [6.07, 6.45) is -3.38. The van der Waals surface area contributed by atoms with E-state index in [0.29, 0.717) is 5.56 Å². The molecule has 9 nitrogen and oxygen atoms in total. The first-order valence-electron chi connectivity index (χ1n) is 11.0. The molecule has 0 aliphatic heterocycles. The number of sulfone groups is 1. The Kier molecular flexibility index (Phi) is 10.3. The fourth-order valence-corrected chi connectivity index (χ4v) is 4.74. The van der Waals surface area contributed by atoms with E-state index in [1.165, 1.54) is 31.5 Å². The second-order valence-electron chi connectivity index (χ2n) is 8.10. The van der Waals surface area contributed by atoms with Gasteiger partial charge in [-0.15, -0.1) is 0 Å². The number of aliphatic carboxylic acids is 1. The molecule has 2 atom stereocenters. The van der Waals surface area contributed by atoms with Crippen molar-refractivity contribution in [2.75, 3.05) is 5.75 Å². The van der Waals surface area contributed by atoms with Crippen LogP contribution in [0.3, 0.4) is 0 Å². The summed E-state index contributed by atoms with van der Waals surface area (Å²) in [5.74, 6) is -6.87. The summed E-state index contributed by atoms with van der Waals surface area (Å²) >= 11 is 0. The number of carbonyl (C=O) groups is 3. The molecule has 2 rings (SSSR count). The number of amides is 1. The molecule has 0 aliphatic rings. The Labute approximate surface area is 210 Å². The first-order valence-corrected chi connectivity index (χ1v) is 12.8. The maximum atomic E-state index is 14.0. The Morgan fingerprint density at radius 3 is 2.30 bits per heavy atom. The lowest BCUT2D eigenvalue weighted by atomic mass is 10.0. The van der Waals surface area contributed by atoms with Crippen LogP contribution in [0.4, 0.5) is 17.6 Å². The second-order valence-corrected chi connectivity index (χ2v) is 10.3. The third-order valence-corrected chi connectivity index (χ3v) is 6.79. The van der Waals surface area contributed by atoms with E-state index in [-0.39, 0.29) is 17.9 Å². The smallest absolute Gasteiger partial charge is 0.409 e.